The quantitative estimate of drug-likeness (QED) is 0.831. The number of nitrogens with two attached hydrogens (primary N) is 1. The van der Waals surface area contributed by atoms with Crippen molar-refractivity contribution >= 4 is 27.3 Å². The molecule has 1 aromatic carbocycles. The van der Waals surface area contributed by atoms with Gasteiger partial charge in [-0.15, -0.1) is 0 Å². The van der Waals surface area contributed by atoms with Gasteiger partial charge >= 0.3 is 0 Å². The molecule has 0 bridgehead atoms. The second-order valence-corrected chi connectivity index (χ2v) is 7.76. The van der Waals surface area contributed by atoms with Crippen molar-refractivity contribution < 1.29 is 12.8 Å². The van der Waals surface area contributed by atoms with E-state index in [1.165, 1.54) is 6.07 Å². The van der Waals surface area contributed by atoms with Crippen LogP contribution >= 0.6 is 11.6 Å². The molecule has 118 valence electrons. The monoisotopic (exact) mass is 334 g/mol. The Hall–Kier alpha value is -0.850. The van der Waals surface area contributed by atoms with E-state index in [9.17, 15) is 12.8 Å². The van der Waals surface area contributed by atoms with E-state index in [0.29, 0.717) is 5.92 Å². The van der Waals surface area contributed by atoms with Gasteiger partial charge in [0.1, 0.15) is 4.90 Å². The first-order chi connectivity index (χ1) is 9.76. The summed E-state index contributed by atoms with van der Waals surface area (Å²) in [6.07, 6.45) is 2.75. The van der Waals surface area contributed by atoms with Gasteiger partial charge in [-0.25, -0.2) is 17.5 Å². The number of rotatable bonds is 4. The smallest absolute Gasteiger partial charge is 0.243 e. The Kier molecular flexibility index (Phi) is 4.80. The highest BCUT2D eigenvalue weighted by atomic mass is 35.5. The van der Waals surface area contributed by atoms with Gasteiger partial charge in [0.2, 0.25) is 10.0 Å². The van der Waals surface area contributed by atoms with Crippen LogP contribution < -0.4 is 10.5 Å². The highest BCUT2D eigenvalue weighted by Crippen LogP contribution is 2.35. The number of sulfonamides is 1. The zero-order valence-electron chi connectivity index (χ0n) is 12.1. The zero-order valence-corrected chi connectivity index (χ0v) is 13.6. The van der Waals surface area contributed by atoms with Crippen molar-refractivity contribution in [2.45, 2.75) is 44.0 Å². The first-order valence-electron chi connectivity index (χ1n) is 7.03. The third kappa shape index (κ3) is 3.33. The lowest BCUT2D eigenvalue weighted by Crippen LogP contribution is -2.37. The van der Waals surface area contributed by atoms with Crippen LogP contribution in [0.15, 0.2) is 17.0 Å². The average molecular weight is 335 g/mol. The Morgan fingerprint density at radius 3 is 2.67 bits per heavy atom. The normalized spacial score (nSPS) is 26.2. The van der Waals surface area contributed by atoms with Crippen LogP contribution in [0, 0.1) is 17.7 Å². The molecule has 0 aromatic heterocycles. The molecule has 4 nitrogen and oxygen atoms in total. The number of hydrogen-bond donors (Lipinski definition) is 2. The fraction of sp³-hybridized carbons (Fsp3) is 0.571. The maximum absolute atomic E-state index is 14.0. The lowest BCUT2D eigenvalue weighted by atomic mass is 9.94. The van der Waals surface area contributed by atoms with Crippen LogP contribution in [0.25, 0.3) is 0 Å². The molecule has 0 heterocycles. The average Bonchev–Trinajstić information content (AvgIpc) is 2.74. The minimum Gasteiger partial charge on any atom is -0.396 e. The van der Waals surface area contributed by atoms with E-state index in [1.807, 2.05) is 6.92 Å². The van der Waals surface area contributed by atoms with Gasteiger partial charge in [-0.2, -0.15) is 0 Å². The van der Waals surface area contributed by atoms with E-state index in [4.69, 9.17) is 17.3 Å². The number of benzene rings is 1. The van der Waals surface area contributed by atoms with Crippen LogP contribution in [-0.2, 0) is 10.0 Å². The van der Waals surface area contributed by atoms with Crippen molar-refractivity contribution in [1.82, 2.24) is 4.72 Å². The van der Waals surface area contributed by atoms with Gasteiger partial charge in [0.25, 0.3) is 0 Å². The molecule has 0 amide bonds. The van der Waals surface area contributed by atoms with Crippen LogP contribution in [0.1, 0.15) is 33.1 Å². The predicted molar refractivity (Wildman–Crippen MR) is 82.1 cm³/mol. The Bertz CT molecular complexity index is 636. The predicted octanol–water partition coefficient (Wildman–Crippen LogP) is 3.16. The minimum atomic E-state index is -3.97. The van der Waals surface area contributed by atoms with Crippen molar-refractivity contribution in [3.8, 4) is 0 Å². The van der Waals surface area contributed by atoms with Gasteiger partial charge in [0, 0.05) is 11.1 Å². The SMILES string of the molecule is CCC1CCC(NS(=O)(=O)c2cc(Cl)cc(N)c2F)C1C. The maximum Gasteiger partial charge on any atom is 0.243 e. The Morgan fingerprint density at radius 1 is 1.43 bits per heavy atom. The molecular weight excluding hydrogens is 315 g/mol. The number of hydrogen-bond acceptors (Lipinski definition) is 3. The van der Waals surface area contributed by atoms with E-state index < -0.39 is 20.7 Å². The fourth-order valence-corrected chi connectivity index (χ4v) is 4.82. The molecule has 0 spiro atoms. The van der Waals surface area contributed by atoms with E-state index in [0.717, 1.165) is 25.3 Å². The van der Waals surface area contributed by atoms with Gasteiger partial charge in [-0.3, -0.25) is 0 Å². The lowest BCUT2D eigenvalue weighted by molar-refractivity contribution is 0.368. The Balaban J connectivity index is 2.28. The van der Waals surface area contributed by atoms with Crippen molar-refractivity contribution in [2.24, 2.45) is 11.8 Å². The van der Waals surface area contributed by atoms with E-state index in [1.54, 1.807) is 0 Å². The summed E-state index contributed by atoms with van der Waals surface area (Å²) in [7, 11) is -3.97. The van der Waals surface area contributed by atoms with Crippen molar-refractivity contribution in [2.75, 3.05) is 5.73 Å². The fourth-order valence-electron chi connectivity index (χ4n) is 3.03. The molecule has 2 rings (SSSR count). The molecule has 3 N–H and O–H groups in total. The van der Waals surface area contributed by atoms with E-state index >= 15 is 0 Å². The number of nitrogens with one attached hydrogen (secondary N) is 1. The lowest BCUT2D eigenvalue weighted by Gasteiger charge is -2.21. The molecule has 1 aromatic rings. The second-order valence-electron chi connectivity index (χ2n) is 5.64. The molecular formula is C14H20ClFN2O2S. The summed E-state index contributed by atoms with van der Waals surface area (Å²) in [6, 6.07) is 2.10. The third-order valence-electron chi connectivity index (χ3n) is 4.38. The van der Waals surface area contributed by atoms with Crippen LogP contribution in [-0.4, -0.2) is 14.5 Å². The summed E-state index contributed by atoms with van der Waals surface area (Å²) in [5.41, 5.74) is 5.18. The molecule has 3 unspecified atom stereocenters. The van der Waals surface area contributed by atoms with Gasteiger partial charge < -0.3 is 5.73 Å². The standard InChI is InChI=1S/C14H20ClFN2O2S/c1-3-9-4-5-12(8(9)2)18-21(19,20)13-7-10(15)6-11(17)14(13)16/h6-9,12,18H,3-5,17H2,1-2H3. The first kappa shape index (κ1) is 16.5. The number of halogens is 2. The molecule has 1 saturated carbocycles. The van der Waals surface area contributed by atoms with E-state index in [2.05, 4.69) is 11.6 Å². The summed E-state index contributed by atoms with van der Waals surface area (Å²) < 4.78 is 41.4. The van der Waals surface area contributed by atoms with Gasteiger partial charge in [-0.1, -0.05) is 31.9 Å². The second kappa shape index (κ2) is 6.10. The molecule has 0 radical (unpaired) electrons. The van der Waals surface area contributed by atoms with Crippen molar-refractivity contribution in [3.05, 3.63) is 23.0 Å². The minimum absolute atomic E-state index is 0.0974. The maximum atomic E-state index is 14.0. The third-order valence-corrected chi connectivity index (χ3v) is 6.09. The highest BCUT2D eigenvalue weighted by Gasteiger charge is 2.35. The zero-order chi connectivity index (χ0) is 15.8. The van der Waals surface area contributed by atoms with Crippen LogP contribution in [0.4, 0.5) is 10.1 Å². The number of nitrogen functional groups attached to an aromatic ring is 1. The first-order valence-corrected chi connectivity index (χ1v) is 8.89. The van der Waals surface area contributed by atoms with Crippen LogP contribution in [0.3, 0.4) is 0 Å². The summed E-state index contributed by atoms with van der Waals surface area (Å²) in [5, 5.41) is 0.0974. The highest BCUT2D eigenvalue weighted by molar-refractivity contribution is 7.89. The van der Waals surface area contributed by atoms with Gasteiger partial charge in [-0.05, 0) is 36.8 Å². The summed E-state index contributed by atoms with van der Waals surface area (Å²) >= 11 is 5.78. The topological polar surface area (TPSA) is 72.2 Å². The summed E-state index contributed by atoms with van der Waals surface area (Å²) in [6.45, 7) is 4.12. The molecule has 21 heavy (non-hydrogen) atoms. The molecule has 0 saturated heterocycles. The summed E-state index contributed by atoms with van der Waals surface area (Å²) in [5.74, 6) is -0.235. The van der Waals surface area contributed by atoms with Crippen molar-refractivity contribution in [1.29, 1.82) is 0 Å². The molecule has 3 atom stereocenters. The van der Waals surface area contributed by atoms with Gasteiger partial charge in [0.15, 0.2) is 5.82 Å². The number of anilines is 1. The van der Waals surface area contributed by atoms with Gasteiger partial charge in [0.05, 0.1) is 5.69 Å². The molecule has 1 aliphatic rings. The van der Waals surface area contributed by atoms with Crippen LogP contribution in [0.5, 0.6) is 0 Å². The molecule has 1 fully saturated rings. The molecule has 1 aliphatic carbocycles. The summed E-state index contributed by atoms with van der Waals surface area (Å²) in [4.78, 5) is -0.486. The van der Waals surface area contributed by atoms with E-state index in [-0.39, 0.29) is 22.7 Å². The van der Waals surface area contributed by atoms with Crippen molar-refractivity contribution in [3.63, 3.8) is 0 Å². The Labute approximate surface area is 129 Å². The molecule has 0 aliphatic heterocycles. The van der Waals surface area contributed by atoms with Crippen LogP contribution in [0.2, 0.25) is 5.02 Å². The molecule has 7 heteroatoms. The Morgan fingerprint density at radius 2 is 2.10 bits per heavy atom. The largest absolute Gasteiger partial charge is 0.396 e.